The van der Waals surface area contributed by atoms with Crippen molar-refractivity contribution in [3.8, 4) is 11.5 Å². The summed E-state index contributed by atoms with van der Waals surface area (Å²) in [6, 6.07) is 5.93. The van der Waals surface area contributed by atoms with Crippen molar-refractivity contribution in [3.05, 3.63) is 23.8 Å². The lowest BCUT2D eigenvalue weighted by atomic mass is 9.98. The number of methoxy groups -OCH3 is 2. The number of hydrogen-bond donors (Lipinski definition) is 1. The van der Waals surface area contributed by atoms with E-state index in [4.69, 9.17) is 9.47 Å². The monoisotopic (exact) mass is 251 g/mol. The van der Waals surface area contributed by atoms with Gasteiger partial charge in [0.25, 0.3) is 0 Å². The first-order chi connectivity index (χ1) is 8.52. The van der Waals surface area contributed by atoms with E-state index in [0.717, 1.165) is 30.0 Å². The van der Waals surface area contributed by atoms with Crippen molar-refractivity contribution < 1.29 is 9.47 Å². The second-order valence-electron chi connectivity index (χ2n) is 5.17. The van der Waals surface area contributed by atoms with Crippen LogP contribution in [-0.2, 0) is 6.54 Å². The normalized spacial score (nSPS) is 11.4. The standard InChI is InChI=1S/C15H25NO2/c1-6-9-15(2,3)16-11-12-7-8-13(17-4)10-14(12)18-5/h7-8,10,16H,6,9,11H2,1-5H3. The van der Waals surface area contributed by atoms with E-state index in [0.29, 0.717) is 0 Å². The van der Waals surface area contributed by atoms with Crippen molar-refractivity contribution in [1.29, 1.82) is 0 Å². The predicted molar refractivity (Wildman–Crippen MR) is 75.4 cm³/mol. The van der Waals surface area contributed by atoms with Gasteiger partial charge in [0.05, 0.1) is 14.2 Å². The van der Waals surface area contributed by atoms with Crippen LogP contribution in [0.4, 0.5) is 0 Å². The van der Waals surface area contributed by atoms with E-state index in [2.05, 4.69) is 26.1 Å². The number of hydrogen-bond acceptors (Lipinski definition) is 3. The Morgan fingerprint density at radius 3 is 2.44 bits per heavy atom. The summed E-state index contributed by atoms with van der Waals surface area (Å²) in [6.45, 7) is 7.47. The predicted octanol–water partition coefficient (Wildman–Crippen LogP) is 3.37. The van der Waals surface area contributed by atoms with Crippen LogP contribution in [-0.4, -0.2) is 19.8 Å². The fraction of sp³-hybridized carbons (Fsp3) is 0.600. The zero-order valence-corrected chi connectivity index (χ0v) is 12.2. The molecule has 0 bridgehead atoms. The highest BCUT2D eigenvalue weighted by molar-refractivity contribution is 5.40. The van der Waals surface area contributed by atoms with Gasteiger partial charge in [-0.1, -0.05) is 19.4 Å². The number of ether oxygens (including phenoxy) is 2. The maximum atomic E-state index is 5.39. The maximum absolute atomic E-state index is 5.39. The topological polar surface area (TPSA) is 30.5 Å². The fourth-order valence-electron chi connectivity index (χ4n) is 2.05. The molecule has 3 nitrogen and oxygen atoms in total. The van der Waals surface area contributed by atoms with Crippen LogP contribution < -0.4 is 14.8 Å². The first-order valence-corrected chi connectivity index (χ1v) is 6.48. The van der Waals surface area contributed by atoms with Crippen molar-refractivity contribution in [3.63, 3.8) is 0 Å². The molecule has 0 aromatic heterocycles. The summed E-state index contributed by atoms with van der Waals surface area (Å²) in [5, 5.41) is 3.57. The van der Waals surface area contributed by atoms with Crippen molar-refractivity contribution in [2.75, 3.05) is 14.2 Å². The Hall–Kier alpha value is -1.22. The molecule has 1 N–H and O–H groups in total. The summed E-state index contributed by atoms with van der Waals surface area (Å²) >= 11 is 0. The van der Waals surface area contributed by atoms with Gasteiger partial charge in [0.1, 0.15) is 11.5 Å². The largest absolute Gasteiger partial charge is 0.497 e. The van der Waals surface area contributed by atoms with Crippen LogP contribution in [0.3, 0.4) is 0 Å². The molecule has 102 valence electrons. The van der Waals surface area contributed by atoms with E-state index >= 15 is 0 Å². The zero-order chi connectivity index (χ0) is 13.6. The first kappa shape index (κ1) is 14.8. The third-order valence-electron chi connectivity index (χ3n) is 3.13. The Balaban J connectivity index is 2.72. The van der Waals surface area contributed by atoms with Gasteiger partial charge < -0.3 is 14.8 Å². The molecule has 0 heterocycles. The highest BCUT2D eigenvalue weighted by Crippen LogP contribution is 2.25. The van der Waals surface area contributed by atoms with Crippen molar-refractivity contribution >= 4 is 0 Å². The molecule has 0 spiro atoms. The van der Waals surface area contributed by atoms with E-state index in [9.17, 15) is 0 Å². The van der Waals surface area contributed by atoms with Crippen LogP contribution in [0.5, 0.6) is 11.5 Å². The molecule has 1 rings (SSSR count). The highest BCUT2D eigenvalue weighted by atomic mass is 16.5. The fourth-order valence-corrected chi connectivity index (χ4v) is 2.05. The van der Waals surface area contributed by atoms with Gasteiger partial charge in [-0.15, -0.1) is 0 Å². The minimum atomic E-state index is 0.152. The van der Waals surface area contributed by atoms with Crippen molar-refractivity contribution in [2.24, 2.45) is 0 Å². The molecule has 0 saturated heterocycles. The lowest BCUT2D eigenvalue weighted by molar-refractivity contribution is 0.348. The summed E-state index contributed by atoms with van der Waals surface area (Å²) in [7, 11) is 3.35. The summed E-state index contributed by atoms with van der Waals surface area (Å²) in [5.74, 6) is 1.69. The van der Waals surface area contributed by atoms with Crippen molar-refractivity contribution in [2.45, 2.75) is 45.7 Å². The van der Waals surface area contributed by atoms with Gasteiger partial charge in [0.2, 0.25) is 0 Å². The maximum Gasteiger partial charge on any atom is 0.127 e. The molecule has 0 aliphatic heterocycles. The molecule has 3 heteroatoms. The summed E-state index contributed by atoms with van der Waals surface area (Å²) < 4.78 is 10.6. The molecule has 0 aliphatic rings. The quantitative estimate of drug-likeness (QED) is 0.806. The van der Waals surface area contributed by atoms with Gasteiger partial charge in [-0.3, -0.25) is 0 Å². The van der Waals surface area contributed by atoms with Crippen LogP contribution in [0.25, 0.3) is 0 Å². The lowest BCUT2D eigenvalue weighted by Crippen LogP contribution is -2.38. The van der Waals surface area contributed by atoms with Crippen LogP contribution in [0.1, 0.15) is 39.2 Å². The molecule has 18 heavy (non-hydrogen) atoms. The second-order valence-corrected chi connectivity index (χ2v) is 5.17. The third kappa shape index (κ3) is 4.22. The van der Waals surface area contributed by atoms with Gasteiger partial charge in [-0.05, 0) is 26.3 Å². The molecule has 0 saturated carbocycles. The Morgan fingerprint density at radius 1 is 1.17 bits per heavy atom. The van der Waals surface area contributed by atoms with Crippen LogP contribution in [0.15, 0.2) is 18.2 Å². The smallest absolute Gasteiger partial charge is 0.127 e. The average molecular weight is 251 g/mol. The number of rotatable bonds is 7. The van der Waals surface area contributed by atoms with Gasteiger partial charge in [0, 0.05) is 23.7 Å². The average Bonchev–Trinajstić information content (AvgIpc) is 2.36. The van der Waals surface area contributed by atoms with Crippen molar-refractivity contribution in [1.82, 2.24) is 5.32 Å². The van der Waals surface area contributed by atoms with Gasteiger partial charge in [-0.2, -0.15) is 0 Å². The molecule has 0 radical (unpaired) electrons. The van der Waals surface area contributed by atoms with Gasteiger partial charge in [-0.25, -0.2) is 0 Å². The third-order valence-corrected chi connectivity index (χ3v) is 3.13. The Bertz CT molecular complexity index is 375. The molecule has 0 unspecified atom stereocenters. The highest BCUT2D eigenvalue weighted by Gasteiger charge is 2.16. The second kappa shape index (κ2) is 6.64. The van der Waals surface area contributed by atoms with E-state index in [-0.39, 0.29) is 5.54 Å². The lowest BCUT2D eigenvalue weighted by Gasteiger charge is -2.26. The van der Waals surface area contributed by atoms with E-state index in [1.54, 1.807) is 14.2 Å². The molecule has 1 aromatic rings. The summed E-state index contributed by atoms with van der Waals surface area (Å²) in [6.07, 6.45) is 2.34. The summed E-state index contributed by atoms with van der Waals surface area (Å²) in [4.78, 5) is 0. The molecule has 0 atom stereocenters. The number of benzene rings is 1. The van der Waals surface area contributed by atoms with E-state index < -0.39 is 0 Å². The Kier molecular flexibility index (Phi) is 5.48. The molecular formula is C15H25NO2. The molecule has 0 fully saturated rings. The molecule has 0 aliphatic carbocycles. The van der Waals surface area contributed by atoms with Crippen LogP contribution in [0, 0.1) is 0 Å². The van der Waals surface area contributed by atoms with Gasteiger partial charge >= 0.3 is 0 Å². The van der Waals surface area contributed by atoms with Crippen LogP contribution in [0.2, 0.25) is 0 Å². The molecular weight excluding hydrogens is 226 g/mol. The summed E-state index contributed by atoms with van der Waals surface area (Å²) in [5.41, 5.74) is 1.31. The Morgan fingerprint density at radius 2 is 1.89 bits per heavy atom. The van der Waals surface area contributed by atoms with Crippen LogP contribution >= 0.6 is 0 Å². The molecule has 0 amide bonds. The first-order valence-electron chi connectivity index (χ1n) is 6.48. The van der Waals surface area contributed by atoms with Gasteiger partial charge in [0.15, 0.2) is 0 Å². The molecule has 1 aromatic carbocycles. The minimum absolute atomic E-state index is 0.152. The Labute approximate surface area is 110 Å². The van der Waals surface area contributed by atoms with E-state index in [1.165, 1.54) is 6.42 Å². The van der Waals surface area contributed by atoms with E-state index in [1.807, 2.05) is 18.2 Å². The minimum Gasteiger partial charge on any atom is -0.497 e. The zero-order valence-electron chi connectivity index (χ0n) is 12.2. The number of nitrogens with one attached hydrogen (secondary N) is 1. The SMILES string of the molecule is CCCC(C)(C)NCc1ccc(OC)cc1OC.